The van der Waals surface area contributed by atoms with E-state index in [2.05, 4.69) is 6.58 Å². The molecule has 1 aliphatic rings. The first-order chi connectivity index (χ1) is 6.65. The summed E-state index contributed by atoms with van der Waals surface area (Å²) in [6.45, 7) is 3.55. The monoisotopic (exact) mass is 191 g/mol. The predicted molar refractivity (Wildman–Crippen MR) is 53.6 cm³/mol. The third-order valence-corrected chi connectivity index (χ3v) is 2.50. The molecule has 1 aliphatic heterocycles. The van der Waals surface area contributed by atoms with Crippen LogP contribution in [0.1, 0.15) is 11.1 Å². The Morgan fingerprint density at radius 1 is 1.57 bits per heavy atom. The molecule has 0 bridgehead atoms. The summed E-state index contributed by atoms with van der Waals surface area (Å²) in [5.41, 5.74) is 1.94. The van der Waals surface area contributed by atoms with Crippen molar-refractivity contribution in [1.29, 1.82) is 0 Å². The van der Waals surface area contributed by atoms with Crippen molar-refractivity contribution < 1.29 is 9.18 Å². The van der Waals surface area contributed by atoms with Gasteiger partial charge in [0.25, 0.3) is 0 Å². The highest BCUT2D eigenvalue weighted by molar-refractivity contribution is 6.03. The van der Waals surface area contributed by atoms with Crippen LogP contribution < -0.4 is 4.90 Å². The lowest BCUT2D eigenvalue weighted by atomic mass is 10.1. The number of halogens is 1. The van der Waals surface area contributed by atoms with Crippen LogP contribution in [0.15, 0.2) is 18.7 Å². The lowest BCUT2D eigenvalue weighted by molar-refractivity contribution is -0.117. The average molecular weight is 191 g/mol. The van der Waals surface area contributed by atoms with Crippen molar-refractivity contribution in [3.8, 4) is 0 Å². The topological polar surface area (TPSA) is 20.3 Å². The fourth-order valence-corrected chi connectivity index (χ4v) is 1.77. The minimum atomic E-state index is -0.333. The Bertz CT molecular complexity index is 426. The highest BCUT2D eigenvalue weighted by Crippen LogP contribution is 2.33. The van der Waals surface area contributed by atoms with Gasteiger partial charge in [-0.15, -0.1) is 0 Å². The second-order valence-corrected chi connectivity index (χ2v) is 3.30. The third-order valence-electron chi connectivity index (χ3n) is 2.50. The van der Waals surface area contributed by atoms with Gasteiger partial charge in [-0.1, -0.05) is 18.7 Å². The van der Waals surface area contributed by atoms with Crippen molar-refractivity contribution in [2.24, 2.45) is 0 Å². The van der Waals surface area contributed by atoms with Crippen molar-refractivity contribution in [1.82, 2.24) is 0 Å². The average Bonchev–Trinajstić information content (AvgIpc) is 2.45. The molecule has 0 spiro atoms. The highest BCUT2D eigenvalue weighted by atomic mass is 19.1. The van der Waals surface area contributed by atoms with Crippen molar-refractivity contribution in [2.45, 2.75) is 6.42 Å². The Kier molecular flexibility index (Phi) is 1.88. The summed E-state index contributed by atoms with van der Waals surface area (Å²) in [6, 6.07) is 3.03. The number of benzene rings is 1. The Balaban J connectivity index is 2.70. The number of fused-ring (bicyclic) bond motifs is 1. The van der Waals surface area contributed by atoms with E-state index in [4.69, 9.17) is 0 Å². The molecule has 0 aromatic heterocycles. The first-order valence-corrected chi connectivity index (χ1v) is 4.35. The number of anilines is 1. The fourth-order valence-electron chi connectivity index (χ4n) is 1.77. The molecule has 0 aliphatic carbocycles. The van der Waals surface area contributed by atoms with Crippen LogP contribution in [0.5, 0.6) is 0 Å². The zero-order chi connectivity index (χ0) is 10.3. The lowest BCUT2D eigenvalue weighted by Crippen LogP contribution is -2.21. The fraction of sp³-hybridized carbons (Fsp3) is 0.182. The summed E-state index contributed by atoms with van der Waals surface area (Å²) in [5.74, 6) is -0.339. The maximum atomic E-state index is 13.3. The molecule has 1 aromatic carbocycles. The standard InChI is InChI=1S/C11H10FNO/c1-3-8-9(12)5-4-7-6-10(14)13(2)11(7)8/h3-5H,1,6H2,2H3. The van der Waals surface area contributed by atoms with Gasteiger partial charge in [-0.25, -0.2) is 4.39 Å². The maximum absolute atomic E-state index is 13.3. The van der Waals surface area contributed by atoms with Gasteiger partial charge in [-0.05, 0) is 11.6 Å². The molecule has 14 heavy (non-hydrogen) atoms. The van der Waals surface area contributed by atoms with Gasteiger partial charge in [0.05, 0.1) is 12.1 Å². The molecule has 0 N–H and O–H groups in total. The van der Waals surface area contributed by atoms with Crippen molar-refractivity contribution in [2.75, 3.05) is 11.9 Å². The summed E-state index contributed by atoms with van der Waals surface area (Å²) in [6.07, 6.45) is 1.80. The Hall–Kier alpha value is -1.64. The van der Waals surface area contributed by atoms with Gasteiger partial charge in [0.2, 0.25) is 5.91 Å². The first kappa shape index (κ1) is 8.94. The van der Waals surface area contributed by atoms with Gasteiger partial charge in [0, 0.05) is 12.6 Å². The molecule has 0 saturated heterocycles. The molecule has 0 radical (unpaired) electrons. The second kappa shape index (κ2) is 2.94. The Labute approximate surface area is 81.6 Å². The molecule has 2 nitrogen and oxygen atoms in total. The number of amides is 1. The van der Waals surface area contributed by atoms with Crippen LogP contribution in [0.3, 0.4) is 0 Å². The van der Waals surface area contributed by atoms with E-state index in [1.54, 1.807) is 13.1 Å². The van der Waals surface area contributed by atoms with E-state index in [-0.39, 0.29) is 11.7 Å². The van der Waals surface area contributed by atoms with Gasteiger partial charge in [-0.3, -0.25) is 4.79 Å². The molecular weight excluding hydrogens is 181 g/mol. The van der Waals surface area contributed by atoms with E-state index in [1.165, 1.54) is 17.0 Å². The zero-order valence-electron chi connectivity index (χ0n) is 7.88. The predicted octanol–water partition coefficient (Wildman–Crippen LogP) is 1.99. The normalized spacial score (nSPS) is 14.4. The van der Waals surface area contributed by atoms with Crippen LogP contribution in [0.4, 0.5) is 10.1 Å². The van der Waals surface area contributed by atoms with Gasteiger partial charge >= 0.3 is 0 Å². The summed E-state index contributed by atoms with van der Waals surface area (Å²) < 4.78 is 13.3. The molecule has 1 heterocycles. The number of nitrogens with zero attached hydrogens (tertiary/aromatic N) is 1. The highest BCUT2D eigenvalue weighted by Gasteiger charge is 2.27. The molecule has 0 atom stereocenters. The summed E-state index contributed by atoms with van der Waals surface area (Å²) >= 11 is 0. The number of hydrogen-bond donors (Lipinski definition) is 0. The van der Waals surface area contributed by atoms with Crippen LogP contribution in [-0.2, 0) is 11.2 Å². The minimum Gasteiger partial charge on any atom is -0.314 e. The van der Waals surface area contributed by atoms with Crippen molar-refractivity contribution in [3.05, 3.63) is 35.7 Å². The van der Waals surface area contributed by atoms with E-state index in [1.807, 2.05) is 0 Å². The number of rotatable bonds is 1. The van der Waals surface area contributed by atoms with Crippen LogP contribution in [0.25, 0.3) is 6.08 Å². The van der Waals surface area contributed by atoms with Gasteiger partial charge in [0.15, 0.2) is 0 Å². The lowest BCUT2D eigenvalue weighted by Gasteiger charge is -2.13. The maximum Gasteiger partial charge on any atom is 0.231 e. The van der Waals surface area contributed by atoms with E-state index in [0.29, 0.717) is 17.7 Å². The summed E-state index contributed by atoms with van der Waals surface area (Å²) in [5, 5.41) is 0. The molecular formula is C11H10FNO. The van der Waals surface area contributed by atoms with Gasteiger partial charge < -0.3 is 4.90 Å². The van der Waals surface area contributed by atoms with Crippen LogP contribution >= 0.6 is 0 Å². The Morgan fingerprint density at radius 3 is 2.93 bits per heavy atom. The Morgan fingerprint density at radius 2 is 2.29 bits per heavy atom. The second-order valence-electron chi connectivity index (χ2n) is 3.30. The van der Waals surface area contributed by atoms with E-state index in [9.17, 15) is 9.18 Å². The molecule has 1 aromatic rings. The van der Waals surface area contributed by atoms with E-state index in [0.717, 1.165) is 5.56 Å². The molecule has 1 amide bonds. The molecule has 2 rings (SSSR count). The SMILES string of the molecule is C=Cc1c(F)ccc2c1N(C)C(=O)C2. The van der Waals surface area contributed by atoms with Crippen molar-refractivity contribution >= 4 is 17.7 Å². The largest absolute Gasteiger partial charge is 0.314 e. The molecule has 0 fully saturated rings. The number of carbonyl (C=O) groups is 1. The number of hydrogen-bond acceptors (Lipinski definition) is 1. The summed E-state index contributed by atoms with van der Waals surface area (Å²) in [7, 11) is 1.65. The molecule has 0 unspecified atom stereocenters. The third kappa shape index (κ3) is 1.05. The van der Waals surface area contributed by atoms with Gasteiger partial charge in [0.1, 0.15) is 5.82 Å². The van der Waals surface area contributed by atoms with Crippen LogP contribution in [0, 0.1) is 5.82 Å². The molecule has 0 saturated carbocycles. The number of carbonyl (C=O) groups excluding carboxylic acids is 1. The molecule has 72 valence electrons. The zero-order valence-corrected chi connectivity index (χ0v) is 7.88. The number of likely N-dealkylation sites (N-methyl/N-ethyl adjacent to an activating group) is 1. The molecule has 3 heteroatoms. The summed E-state index contributed by atoms with van der Waals surface area (Å²) in [4.78, 5) is 12.9. The van der Waals surface area contributed by atoms with Crippen LogP contribution in [-0.4, -0.2) is 13.0 Å². The first-order valence-electron chi connectivity index (χ1n) is 4.35. The van der Waals surface area contributed by atoms with Crippen molar-refractivity contribution in [3.63, 3.8) is 0 Å². The van der Waals surface area contributed by atoms with E-state index >= 15 is 0 Å². The van der Waals surface area contributed by atoms with Gasteiger partial charge in [-0.2, -0.15) is 0 Å². The quantitative estimate of drug-likeness (QED) is 0.664. The van der Waals surface area contributed by atoms with E-state index < -0.39 is 0 Å². The van der Waals surface area contributed by atoms with Crippen LogP contribution in [0.2, 0.25) is 0 Å². The minimum absolute atomic E-state index is 0.00583. The smallest absolute Gasteiger partial charge is 0.231 e.